The van der Waals surface area contributed by atoms with Crippen LogP contribution in [0.4, 0.5) is 17.6 Å². The number of aromatic hydroxyl groups is 1. The quantitative estimate of drug-likeness (QED) is 0.0872. The van der Waals surface area contributed by atoms with Gasteiger partial charge in [0.05, 0.1) is 11.7 Å². The number of nitrogens with zero attached hydrogens (tertiary/aromatic N) is 5. The van der Waals surface area contributed by atoms with Gasteiger partial charge in [-0.3, -0.25) is 9.69 Å². The Bertz CT molecular complexity index is 1500. The molecule has 1 heterocycles. The molecular weight excluding hydrogens is 552 g/mol. The smallest absolute Gasteiger partial charge is 0.259 e. The van der Waals surface area contributed by atoms with Crippen molar-refractivity contribution in [3.05, 3.63) is 66.2 Å². The molecular formula is C34H46N8O2. The number of anilines is 3. The minimum atomic E-state index is -0.383. The highest BCUT2D eigenvalue weighted by Gasteiger charge is 2.17. The van der Waals surface area contributed by atoms with E-state index in [0.29, 0.717) is 23.4 Å². The summed E-state index contributed by atoms with van der Waals surface area (Å²) in [6, 6.07) is 18.3. The third kappa shape index (κ3) is 8.42. The number of fused-ring (bicyclic) bond motifs is 1. The number of amides is 1. The second kappa shape index (κ2) is 16.0. The summed E-state index contributed by atoms with van der Waals surface area (Å²) in [5, 5.41) is 22.0. The Labute approximate surface area is 260 Å². The number of aromatic nitrogens is 3. The highest BCUT2D eigenvalue weighted by Crippen LogP contribution is 2.27. The van der Waals surface area contributed by atoms with Crippen LogP contribution >= 0.6 is 0 Å². The zero-order valence-electron chi connectivity index (χ0n) is 26.6. The van der Waals surface area contributed by atoms with Gasteiger partial charge >= 0.3 is 0 Å². The molecule has 4 N–H and O–H groups in total. The topological polar surface area (TPSA) is 119 Å². The predicted molar refractivity (Wildman–Crippen MR) is 180 cm³/mol. The molecule has 1 amide bonds. The molecule has 0 aliphatic rings. The van der Waals surface area contributed by atoms with Gasteiger partial charge in [-0.05, 0) is 92.7 Å². The highest BCUT2D eigenvalue weighted by atomic mass is 16.3. The van der Waals surface area contributed by atoms with Crippen molar-refractivity contribution in [2.75, 3.05) is 55.2 Å². The van der Waals surface area contributed by atoms with Gasteiger partial charge in [0.15, 0.2) is 5.82 Å². The number of rotatable bonds is 16. The van der Waals surface area contributed by atoms with E-state index in [4.69, 9.17) is 15.0 Å². The number of phenols is 1. The maximum absolute atomic E-state index is 13.0. The first-order chi connectivity index (χ1) is 21.4. The molecule has 234 valence electrons. The molecule has 3 aromatic carbocycles. The molecule has 0 spiro atoms. The van der Waals surface area contributed by atoms with Crippen molar-refractivity contribution in [2.24, 2.45) is 0 Å². The molecule has 44 heavy (non-hydrogen) atoms. The summed E-state index contributed by atoms with van der Waals surface area (Å²) in [6.45, 7) is 16.5. The first-order valence-electron chi connectivity index (χ1n) is 15.7. The normalized spacial score (nSPS) is 12.1. The van der Waals surface area contributed by atoms with Crippen molar-refractivity contribution in [3.8, 4) is 17.1 Å². The van der Waals surface area contributed by atoms with E-state index in [1.807, 2.05) is 48.5 Å². The molecule has 1 aromatic heterocycles. The minimum Gasteiger partial charge on any atom is -0.507 e. The molecule has 4 aromatic rings. The fraction of sp³-hybridized carbons (Fsp3) is 0.412. The van der Waals surface area contributed by atoms with Crippen molar-refractivity contribution >= 4 is 34.3 Å². The summed E-state index contributed by atoms with van der Waals surface area (Å²) in [5.41, 5.74) is 1.61. The lowest BCUT2D eigenvalue weighted by atomic mass is 10.1. The number of carbonyl (C=O) groups excluding carboxylic acids is 1. The van der Waals surface area contributed by atoms with E-state index in [9.17, 15) is 9.90 Å². The second-order valence-corrected chi connectivity index (χ2v) is 10.7. The van der Waals surface area contributed by atoms with Gasteiger partial charge in [-0.15, -0.1) is 0 Å². The molecule has 10 heteroatoms. The molecule has 0 aliphatic carbocycles. The van der Waals surface area contributed by atoms with Crippen molar-refractivity contribution in [1.82, 2.24) is 24.8 Å². The Morgan fingerprint density at radius 3 is 2.14 bits per heavy atom. The molecule has 1 unspecified atom stereocenters. The van der Waals surface area contributed by atoms with Crippen molar-refractivity contribution in [3.63, 3.8) is 0 Å². The average molecular weight is 599 g/mol. The minimum absolute atomic E-state index is 0.0599. The maximum atomic E-state index is 13.0. The van der Waals surface area contributed by atoms with E-state index in [1.54, 1.807) is 12.1 Å². The van der Waals surface area contributed by atoms with Crippen LogP contribution in [0, 0.1) is 0 Å². The largest absolute Gasteiger partial charge is 0.507 e. The molecule has 4 rings (SSSR count). The highest BCUT2D eigenvalue weighted by molar-refractivity contribution is 6.08. The van der Waals surface area contributed by atoms with E-state index in [-0.39, 0.29) is 23.4 Å². The van der Waals surface area contributed by atoms with Gasteiger partial charge < -0.3 is 26.0 Å². The monoisotopic (exact) mass is 598 g/mol. The summed E-state index contributed by atoms with van der Waals surface area (Å²) < 4.78 is 0. The molecule has 0 fully saturated rings. The second-order valence-electron chi connectivity index (χ2n) is 10.7. The maximum Gasteiger partial charge on any atom is 0.259 e. The van der Waals surface area contributed by atoms with Gasteiger partial charge in [0, 0.05) is 17.8 Å². The van der Waals surface area contributed by atoms with Crippen LogP contribution in [-0.4, -0.2) is 81.2 Å². The van der Waals surface area contributed by atoms with E-state index >= 15 is 0 Å². The third-order valence-electron chi connectivity index (χ3n) is 7.91. The van der Waals surface area contributed by atoms with Crippen molar-refractivity contribution in [1.29, 1.82) is 0 Å². The van der Waals surface area contributed by atoms with Crippen LogP contribution in [0.1, 0.15) is 57.8 Å². The lowest BCUT2D eigenvalue weighted by Crippen LogP contribution is -2.40. The van der Waals surface area contributed by atoms with Crippen molar-refractivity contribution in [2.45, 2.75) is 53.6 Å². The van der Waals surface area contributed by atoms with E-state index in [0.717, 1.165) is 68.4 Å². The Hall–Kier alpha value is -4.28. The third-order valence-corrected chi connectivity index (χ3v) is 7.91. The Kier molecular flexibility index (Phi) is 11.8. The van der Waals surface area contributed by atoms with Crippen LogP contribution in [0.2, 0.25) is 0 Å². The van der Waals surface area contributed by atoms with Gasteiger partial charge in [-0.25, -0.2) is 0 Å². The number of hydrogen-bond donors (Lipinski definition) is 4. The Morgan fingerprint density at radius 1 is 0.841 bits per heavy atom. The molecule has 0 saturated carbocycles. The van der Waals surface area contributed by atoms with Gasteiger partial charge in [0.1, 0.15) is 5.75 Å². The summed E-state index contributed by atoms with van der Waals surface area (Å²) in [7, 11) is 0. The number of carbonyl (C=O) groups is 1. The molecule has 1 atom stereocenters. The number of hydrogen-bond acceptors (Lipinski definition) is 9. The van der Waals surface area contributed by atoms with Gasteiger partial charge in [0.25, 0.3) is 5.91 Å². The first kappa shape index (κ1) is 32.6. The molecule has 0 bridgehead atoms. The first-order valence-corrected chi connectivity index (χ1v) is 15.7. The van der Waals surface area contributed by atoms with E-state index in [2.05, 4.69) is 60.4 Å². The van der Waals surface area contributed by atoms with E-state index < -0.39 is 0 Å². The molecule has 0 radical (unpaired) electrons. The van der Waals surface area contributed by atoms with Crippen LogP contribution in [0.15, 0.2) is 60.7 Å². The van der Waals surface area contributed by atoms with Crippen LogP contribution in [0.5, 0.6) is 5.75 Å². The van der Waals surface area contributed by atoms with Crippen LogP contribution in [-0.2, 0) is 0 Å². The summed E-state index contributed by atoms with van der Waals surface area (Å²) in [5.74, 6) is 1.13. The number of nitrogens with one attached hydrogen (secondary N) is 3. The van der Waals surface area contributed by atoms with E-state index in [1.165, 1.54) is 0 Å². The SMILES string of the molecule is CCC(Nc1nc(NCCCN(CC)CC)nc(-c2ccc(NC(=O)c3cc4ccccc4cc3O)cc2)n1)N(CC)CC. The predicted octanol–water partition coefficient (Wildman–Crippen LogP) is 6.28. The Morgan fingerprint density at radius 2 is 1.50 bits per heavy atom. The fourth-order valence-corrected chi connectivity index (χ4v) is 5.27. The summed E-state index contributed by atoms with van der Waals surface area (Å²) >= 11 is 0. The lowest BCUT2D eigenvalue weighted by Gasteiger charge is -2.29. The van der Waals surface area contributed by atoms with Crippen LogP contribution < -0.4 is 16.0 Å². The number of benzene rings is 3. The lowest BCUT2D eigenvalue weighted by molar-refractivity contribution is 0.102. The zero-order valence-corrected chi connectivity index (χ0v) is 26.6. The molecule has 0 saturated heterocycles. The van der Waals surface area contributed by atoms with Crippen molar-refractivity contribution < 1.29 is 9.90 Å². The average Bonchev–Trinajstić information content (AvgIpc) is 3.04. The zero-order chi connectivity index (χ0) is 31.5. The van der Waals surface area contributed by atoms with Gasteiger partial charge in [-0.1, -0.05) is 58.9 Å². The van der Waals surface area contributed by atoms with Crippen LogP contribution in [0.25, 0.3) is 22.2 Å². The van der Waals surface area contributed by atoms with Crippen LogP contribution in [0.3, 0.4) is 0 Å². The summed E-state index contributed by atoms with van der Waals surface area (Å²) in [6.07, 6.45) is 1.97. The molecule has 0 aliphatic heterocycles. The number of phenolic OH excluding ortho intramolecular Hbond substituents is 1. The Balaban J connectivity index is 1.53. The molecule has 10 nitrogen and oxygen atoms in total. The fourth-order valence-electron chi connectivity index (χ4n) is 5.27. The van der Waals surface area contributed by atoms with Gasteiger partial charge in [-0.2, -0.15) is 15.0 Å². The summed E-state index contributed by atoms with van der Waals surface area (Å²) in [4.78, 5) is 32.0. The standard InChI is InChI=1S/C34H46N8O2/c1-6-30(42(9-4)10-5)37-34-39-31(38-33(40-34)35-20-13-21-41(7-2)8-3)24-16-18-27(19-17-24)36-32(44)28-22-25-14-11-12-15-26(25)23-29(28)43/h11-12,14-19,22-23,30,43H,6-10,13,20-21H2,1-5H3,(H,36,44)(H2,35,37,38,39,40). The van der Waals surface area contributed by atoms with Gasteiger partial charge in [0.2, 0.25) is 11.9 Å².